The lowest BCUT2D eigenvalue weighted by Crippen LogP contribution is -2.40. The first kappa shape index (κ1) is 13.6. The number of ether oxygens (including phenoxy) is 1. The SMILES string of the molecule is O=C1N(O)CCC12CCCC(OCC(F)(F)F)C2. The molecular weight excluding hydrogens is 251 g/mol. The Bertz CT molecular complexity index is 330. The van der Waals surface area contributed by atoms with Crippen LogP contribution in [0, 0.1) is 5.41 Å². The molecule has 1 spiro atoms. The number of carbonyl (C=O) groups is 1. The first-order chi connectivity index (χ1) is 8.32. The summed E-state index contributed by atoms with van der Waals surface area (Å²) in [6.07, 6.45) is -2.30. The van der Waals surface area contributed by atoms with E-state index in [1.54, 1.807) is 0 Å². The molecule has 18 heavy (non-hydrogen) atoms. The number of hydrogen-bond acceptors (Lipinski definition) is 3. The number of nitrogens with zero attached hydrogens (tertiary/aromatic N) is 1. The van der Waals surface area contributed by atoms with E-state index in [4.69, 9.17) is 4.74 Å². The van der Waals surface area contributed by atoms with Gasteiger partial charge >= 0.3 is 6.18 Å². The van der Waals surface area contributed by atoms with Gasteiger partial charge in [-0.05, 0) is 32.1 Å². The van der Waals surface area contributed by atoms with Gasteiger partial charge in [0, 0.05) is 6.54 Å². The monoisotopic (exact) mass is 267 g/mol. The maximum absolute atomic E-state index is 12.1. The zero-order chi connectivity index (χ0) is 13.4. The highest BCUT2D eigenvalue weighted by Crippen LogP contribution is 2.45. The largest absolute Gasteiger partial charge is 0.411 e. The Balaban J connectivity index is 1.95. The van der Waals surface area contributed by atoms with Crippen LogP contribution in [0.3, 0.4) is 0 Å². The van der Waals surface area contributed by atoms with Crippen molar-refractivity contribution in [2.24, 2.45) is 5.41 Å². The van der Waals surface area contributed by atoms with E-state index >= 15 is 0 Å². The van der Waals surface area contributed by atoms with Crippen LogP contribution in [0.1, 0.15) is 32.1 Å². The molecule has 1 saturated heterocycles. The zero-order valence-corrected chi connectivity index (χ0v) is 9.87. The highest BCUT2D eigenvalue weighted by Gasteiger charge is 2.49. The number of hydroxylamine groups is 2. The summed E-state index contributed by atoms with van der Waals surface area (Å²) >= 11 is 0. The molecule has 0 aromatic heterocycles. The van der Waals surface area contributed by atoms with E-state index in [1.165, 1.54) is 0 Å². The summed E-state index contributed by atoms with van der Waals surface area (Å²) in [6, 6.07) is 0. The first-order valence-electron chi connectivity index (χ1n) is 6.02. The fourth-order valence-electron chi connectivity index (χ4n) is 2.89. The van der Waals surface area contributed by atoms with Gasteiger partial charge in [-0.25, -0.2) is 5.06 Å². The van der Waals surface area contributed by atoms with Gasteiger partial charge in [-0.15, -0.1) is 0 Å². The first-order valence-corrected chi connectivity index (χ1v) is 6.02. The standard InChI is InChI=1S/C11H16F3NO3/c12-11(13,14)7-18-8-2-1-3-10(6-8)4-5-15(17)9(10)16/h8,17H,1-7H2. The molecule has 1 aliphatic carbocycles. The summed E-state index contributed by atoms with van der Waals surface area (Å²) in [5, 5.41) is 10.00. The number of rotatable bonds is 2. The molecule has 1 N–H and O–H groups in total. The lowest BCUT2D eigenvalue weighted by molar-refractivity contribution is -0.193. The molecule has 1 amide bonds. The van der Waals surface area contributed by atoms with Crippen LogP contribution in [-0.4, -0.2) is 41.6 Å². The lowest BCUT2D eigenvalue weighted by Gasteiger charge is -2.35. The van der Waals surface area contributed by atoms with Crippen molar-refractivity contribution in [3.63, 3.8) is 0 Å². The summed E-state index contributed by atoms with van der Waals surface area (Å²) in [7, 11) is 0. The van der Waals surface area contributed by atoms with Crippen molar-refractivity contribution >= 4 is 5.91 Å². The smallest absolute Gasteiger partial charge is 0.369 e. The fraction of sp³-hybridized carbons (Fsp3) is 0.909. The second-order valence-electron chi connectivity index (χ2n) is 5.10. The van der Waals surface area contributed by atoms with Crippen LogP contribution in [0.2, 0.25) is 0 Å². The maximum Gasteiger partial charge on any atom is 0.411 e. The second kappa shape index (κ2) is 4.70. The molecule has 2 rings (SSSR count). The maximum atomic E-state index is 12.1. The average Bonchev–Trinajstić information content (AvgIpc) is 2.55. The minimum atomic E-state index is -4.34. The Morgan fingerprint density at radius 2 is 2.17 bits per heavy atom. The van der Waals surface area contributed by atoms with Crippen molar-refractivity contribution in [1.29, 1.82) is 0 Å². The Morgan fingerprint density at radius 3 is 2.72 bits per heavy atom. The van der Waals surface area contributed by atoms with Gasteiger partial charge in [-0.2, -0.15) is 13.2 Å². The third-order valence-corrected chi connectivity index (χ3v) is 3.77. The molecule has 1 saturated carbocycles. The molecule has 4 nitrogen and oxygen atoms in total. The number of halogens is 3. The summed E-state index contributed by atoms with van der Waals surface area (Å²) in [5.74, 6) is -0.372. The molecule has 0 aromatic rings. The fourth-order valence-corrected chi connectivity index (χ4v) is 2.89. The van der Waals surface area contributed by atoms with E-state index in [-0.39, 0.29) is 18.9 Å². The summed E-state index contributed by atoms with van der Waals surface area (Å²) in [4.78, 5) is 11.8. The Kier molecular flexibility index (Phi) is 3.55. The van der Waals surface area contributed by atoms with Gasteiger partial charge in [0.15, 0.2) is 0 Å². The minimum absolute atomic E-state index is 0.255. The molecule has 0 aromatic carbocycles. The Morgan fingerprint density at radius 1 is 1.44 bits per heavy atom. The van der Waals surface area contributed by atoms with E-state index in [0.717, 1.165) is 0 Å². The normalized spacial score (nSPS) is 33.4. The van der Waals surface area contributed by atoms with Gasteiger partial charge in [-0.3, -0.25) is 10.0 Å². The summed E-state index contributed by atoms with van der Waals surface area (Å²) < 4.78 is 41.1. The van der Waals surface area contributed by atoms with Gasteiger partial charge in [0.2, 0.25) is 0 Å². The Labute approximate surface area is 103 Å². The van der Waals surface area contributed by atoms with Crippen LogP contribution in [0.5, 0.6) is 0 Å². The van der Waals surface area contributed by atoms with Crippen molar-refractivity contribution in [2.45, 2.75) is 44.4 Å². The predicted molar refractivity (Wildman–Crippen MR) is 54.8 cm³/mol. The second-order valence-corrected chi connectivity index (χ2v) is 5.10. The predicted octanol–water partition coefficient (Wildman–Crippen LogP) is 2.12. The van der Waals surface area contributed by atoms with Gasteiger partial charge in [0.05, 0.1) is 11.5 Å². The van der Waals surface area contributed by atoms with E-state index in [0.29, 0.717) is 30.7 Å². The van der Waals surface area contributed by atoms with E-state index in [1.807, 2.05) is 0 Å². The van der Waals surface area contributed by atoms with Crippen molar-refractivity contribution < 1.29 is 27.9 Å². The van der Waals surface area contributed by atoms with E-state index in [9.17, 15) is 23.2 Å². The number of alkyl halides is 3. The summed E-state index contributed by atoms with van der Waals surface area (Å²) in [6.45, 7) is -1.02. The minimum Gasteiger partial charge on any atom is -0.369 e. The third kappa shape index (κ3) is 2.77. The van der Waals surface area contributed by atoms with Crippen molar-refractivity contribution in [2.75, 3.05) is 13.2 Å². The average molecular weight is 267 g/mol. The van der Waals surface area contributed by atoms with E-state index < -0.39 is 24.3 Å². The molecule has 2 atom stereocenters. The van der Waals surface area contributed by atoms with Crippen molar-refractivity contribution in [1.82, 2.24) is 5.06 Å². The highest BCUT2D eigenvalue weighted by atomic mass is 19.4. The van der Waals surface area contributed by atoms with Gasteiger partial charge in [-0.1, -0.05) is 0 Å². The van der Waals surface area contributed by atoms with Crippen LogP contribution in [-0.2, 0) is 9.53 Å². The highest BCUT2D eigenvalue weighted by molar-refractivity contribution is 5.83. The molecule has 2 fully saturated rings. The van der Waals surface area contributed by atoms with Crippen LogP contribution in [0.4, 0.5) is 13.2 Å². The van der Waals surface area contributed by atoms with Crippen LogP contribution >= 0.6 is 0 Å². The third-order valence-electron chi connectivity index (χ3n) is 3.77. The topological polar surface area (TPSA) is 49.8 Å². The molecular formula is C11H16F3NO3. The molecule has 1 aliphatic heterocycles. The molecule has 2 aliphatic rings. The van der Waals surface area contributed by atoms with Gasteiger partial charge < -0.3 is 4.74 Å². The zero-order valence-electron chi connectivity index (χ0n) is 9.87. The molecule has 1 heterocycles. The van der Waals surface area contributed by atoms with Gasteiger partial charge in [0.1, 0.15) is 6.61 Å². The lowest BCUT2D eigenvalue weighted by atomic mass is 9.72. The molecule has 104 valence electrons. The van der Waals surface area contributed by atoms with E-state index in [2.05, 4.69) is 0 Å². The van der Waals surface area contributed by atoms with Crippen molar-refractivity contribution in [3.05, 3.63) is 0 Å². The molecule has 2 unspecified atom stereocenters. The quantitative estimate of drug-likeness (QED) is 0.780. The Hall–Kier alpha value is -0.820. The molecule has 7 heteroatoms. The number of hydrogen-bond donors (Lipinski definition) is 1. The van der Waals surface area contributed by atoms with Crippen LogP contribution in [0.25, 0.3) is 0 Å². The summed E-state index contributed by atoms with van der Waals surface area (Å²) in [5.41, 5.74) is -0.705. The molecule has 0 radical (unpaired) electrons. The van der Waals surface area contributed by atoms with Crippen molar-refractivity contribution in [3.8, 4) is 0 Å². The van der Waals surface area contributed by atoms with Crippen LogP contribution in [0.15, 0.2) is 0 Å². The number of carbonyl (C=O) groups excluding carboxylic acids is 1. The van der Waals surface area contributed by atoms with Crippen LogP contribution < -0.4 is 0 Å². The van der Waals surface area contributed by atoms with Gasteiger partial charge in [0.25, 0.3) is 5.91 Å². The molecule has 0 bridgehead atoms. The number of amides is 1.